The molecule has 2 heterocycles. The molecule has 0 bridgehead atoms. The summed E-state index contributed by atoms with van der Waals surface area (Å²) in [5, 5.41) is 4.62. The molecule has 0 aliphatic carbocycles. The Bertz CT molecular complexity index is 1040. The van der Waals surface area contributed by atoms with Crippen LogP contribution in [0.2, 0.25) is 5.02 Å². The van der Waals surface area contributed by atoms with Crippen molar-refractivity contribution in [1.29, 1.82) is 0 Å². The number of nitrogens with one attached hydrogen (secondary N) is 3. The summed E-state index contributed by atoms with van der Waals surface area (Å²) in [5.41, 5.74) is 5.09. The van der Waals surface area contributed by atoms with E-state index in [1.54, 1.807) is 6.92 Å². The van der Waals surface area contributed by atoms with Crippen molar-refractivity contribution in [2.75, 3.05) is 6.54 Å². The Balaban J connectivity index is 1.69. The Hall–Kier alpha value is -2.60. The van der Waals surface area contributed by atoms with Crippen molar-refractivity contribution < 1.29 is 4.79 Å². The van der Waals surface area contributed by atoms with Gasteiger partial charge in [0.25, 0.3) is 5.56 Å². The molecule has 1 aromatic carbocycles. The SMILES string of the molecule is Cc1[nH]c2c(C)ccc(Cl)c2c1CCNC(=O)Cc1nc[nH]c(=O)c1C. The minimum Gasteiger partial charge on any atom is -0.358 e. The molecule has 2 aromatic heterocycles. The van der Waals surface area contributed by atoms with Gasteiger partial charge in [-0.25, -0.2) is 4.98 Å². The van der Waals surface area contributed by atoms with Crippen molar-refractivity contribution in [3.63, 3.8) is 0 Å². The number of hydrogen-bond acceptors (Lipinski definition) is 3. The highest BCUT2D eigenvalue weighted by molar-refractivity contribution is 6.35. The second kappa shape index (κ2) is 7.33. The fraction of sp³-hybridized carbons (Fsp3) is 0.316. The minimum atomic E-state index is -0.220. The molecule has 1 amide bonds. The van der Waals surface area contributed by atoms with Gasteiger partial charge < -0.3 is 15.3 Å². The van der Waals surface area contributed by atoms with E-state index in [1.165, 1.54) is 6.33 Å². The van der Waals surface area contributed by atoms with Crippen LogP contribution in [0.3, 0.4) is 0 Å². The van der Waals surface area contributed by atoms with E-state index in [2.05, 4.69) is 20.3 Å². The average molecular weight is 373 g/mol. The number of hydrogen-bond donors (Lipinski definition) is 3. The van der Waals surface area contributed by atoms with E-state index < -0.39 is 0 Å². The number of aryl methyl sites for hydroxylation is 2. The third-order valence-corrected chi connectivity index (χ3v) is 4.96. The average Bonchev–Trinajstić information content (AvgIpc) is 2.93. The molecule has 26 heavy (non-hydrogen) atoms. The Morgan fingerprint density at radius 1 is 1.27 bits per heavy atom. The van der Waals surface area contributed by atoms with Gasteiger partial charge in [0.2, 0.25) is 5.91 Å². The highest BCUT2D eigenvalue weighted by Gasteiger charge is 2.14. The maximum atomic E-state index is 12.2. The number of H-pyrrole nitrogens is 2. The van der Waals surface area contributed by atoms with Crippen molar-refractivity contribution in [1.82, 2.24) is 20.3 Å². The van der Waals surface area contributed by atoms with E-state index in [-0.39, 0.29) is 17.9 Å². The van der Waals surface area contributed by atoms with Crippen molar-refractivity contribution >= 4 is 28.4 Å². The molecule has 3 aromatic rings. The number of amides is 1. The molecule has 0 atom stereocenters. The zero-order valence-corrected chi connectivity index (χ0v) is 15.8. The molecule has 0 fully saturated rings. The fourth-order valence-electron chi connectivity index (χ4n) is 3.13. The lowest BCUT2D eigenvalue weighted by Gasteiger charge is -2.07. The van der Waals surface area contributed by atoms with Gasteiger partial charge in [-0.1, -0.05) is 17.7 Å². The second-order valence-corrected chi connectivity index (χ2v) is 6.83. The van der Waals surface area contributed by atoms with E-state index in [0.717, 1.165) is 27.7 Å². The molecule has 7 heteroatoms. The summed E-state index contributed by atoms with van der Waals surface area (Å²) in [6.45, 7) is 6.20. The number of carbonyl (C=O) groups excluding carboxylic acids is 1. The van der Waals surface area contributed by atoms with Gasteiger partial charge in [0.05, 0.1) is 29.0 Å². The van der Waals surface area contributed by atoms with E-state index in [0.29, 0.717) is 29.2 Å². The molecule has 6 nitrogen and oxygen atoms in total. The first kappa shape index (κ1) is 18.2. The maximum Gasteiger partial charge on any atom is 0.253 e. The molecule has 0 saturated heterocycles. The zero-order chi connectivity index (χ0) is 18.8. The van der Waals surface area contributed by atoms with E-state index in [4.69, 9.17) is 11.6 Å². The fourth-order valence-corrected chi connectivity index (χ4v) is 3.40. The molecule has 0 spiro atoms. The van der Waals surface area contributed by atoms with Gasteiger partial charge in [0.1, 0.15) is 0 Å². The molecule has 3 rings (SSSR count). The predicted octanol–water partition coefficient (Wildman–Crippen LogP) is 2.73. The van der Waals surface area contributed by atoms with Crippen LogP contribution in [0.5, 0.6) is 0 Å². The largest absolute Gasteiger partial charge is 0.358 e. The lowest BCUT2D eigenvalue weighted by atomic mass is 10.1. The number of rotatable bonds is 5. The first-order valence-electron chi connectivity index (χ1n) is 8.44. The summed E-state index contributed by atoms with van der Waals surface area (Å²) in [4.78, 5) is 33.7. The van der Waals surface area contributed by atoms with Crippen LogP contribution in [-0.4, -0.2) is 27.4 Å². The first-order valence-corrected chi connectivity index (χ1v) is 8.82. The molecule has 136 valence electrons. The van der Waals surface area contributed by atoms with Crippen LogP contribution in [-0.2, 0) is 17.6 Å². The van der Waals surface area contributed by atoms with Crippen LogP contribution in [0.1, 0.15) is 28.1 Å². The highest BCUT2D eigenvalue weighted by Crippen LogP contribution is 2.31. The standard InChI is InChI=1S/C19H21ClN4O2/c1-10-4-5-14(20)17-13(12(3)24-18(10)17)6-7-21-16(25)8-15-11(2)19(26)23-9-22-15/h4-5,9,24H,6-8H2,1-3H3,(H,21,25)(H,22,23,26). The summed E-state index contributed by atoms with van der Waals surface area (Å²) in [6, 6.07) is 3.89. The van der Waals surface area contributed by atoms with Gasteiger partial charge in [0, 0.05) is 23.2 Å². The quantitative estimate of drug-likeness (QED) is 0.643. The summed E-state index contributed by atoms with van der Waals surface area (Å²) in [7, 11) is 0. The van der Waals surface area contributed by atoms with Gasteiger partial charge >= 0.3 is 0 Å². The maximum absolute atomic E-state index is 12.2. The van der Waals surface area contributed by atoms with Crippen LogP contribution < -0.4 is 10.9 Å². The molecule has 3 N–H and O–H groups in total. The Labute approximate surface area is 156 Å². The number of benzene rings is 1. The number of halogens is 1. The van der Waals surface area contributed by atoms with Crippen molar-refractivity contribution in [3.05, 3.63) is 61.9 Å². The minimum absolute atomic E-state index is 0.0858. The molecule has 0 unspecified atom stereocenters. The van der Waals surface area contributed by atoms with E-state index in [1.807, 2.05) is 26.0 Å². The molecule has 0 radical (unpaired) electrons. The molecule has 0 aliphatic heterocycles. The number of fused-ring (bicyclic) bond motifs is 1. The van der Waals surface area contributed by atoms with Crippen LogP contribution in [0.4, 0.5) is 0 Å². The molecule has 0 saturated carbocycles. The number of aromatic nitrogens is 3. The second-order valence-electron chi connectivity index (χ2n) is 6.42. The molecular weight excluding hydrogens is 352 g/mol. The number of aromatic amines is 2. The first-order chi connectivity index (χ1) is 12.4. The Morgan fingerprint density at radius 2 is 2.04 bits per heavy atom. The number of carbonyl (C=O) groups is 1. The van der Waals surface area contributed by atoms with Crippen molar-refractivity contribution in [2.24, 2.45) is 0 Å². The Kier molecular flexibility index (Phi) is 5.13. The van der Waals surface area contributed by atoms with Gasteiger partial charge in [-0.15, -0.1) is 0 Å². The van der Waals surface area contributed by atoms with Crippen LogP contribution in [0.15, 0.2) is 23.3 Å². The molecular formula is C19H21ClN4O2. The van der Waals surface area contributed by atoms with Gasteiger partial charge in [-0.3, -0.25) is 9.59 Å². The highest BCUT2D eigenvalue weighted by atomic mass is 35.5. The third-order valence-electron chi connectivity index (χ3n) is 4.64. The van der Waals surface area contributed by atoms with Crippen LogP contribution in [0, 0.1) is 20.8 Å². The van der Waals surface area contributed by atoms with Gasteiger partial charge in [-0.05, 0) is 44.4 Å². The van der Waals surface area contributed by atoms with Crippen LogP contribution >= 0.6 is 11.6 Å². The monoisotopic (exact) mass is 372 g/mol. The lowest BCUT2D eigenvalue weighted by molar-refractivity contribution is -0.120. The van der Waals surface area contributed by atoms with E-state index in [9.17, 15) is 9.59 Å². The smallest absolute Gasteiger partial charge is 0.253 e. The van der Waals surface area contributed by atoms with Gasteiger partial charge in [-0.2, -0.15) is 0 Å². The van der Waals surface area contributed by atoms with E-state index >= 15 is 0 Å². The van der Waals surface area contributed by atoms with Crippen LogP contribution in [0.25, 0.3) is 10.9 Å². The van der Waals surface area contributed by atoms with Gasteiger partial charge in [0.15, 0.2) is 0 Å². The summed E-state index contributed by atoms with van der Waals surface area (Å²) < 4.78 is 0. The predicted molar refractivity (Wildman–Crippen MR) is 103 cm³/mol. The van der Waals surface area contributed by atoms with Crippen molar-refractivity contribution in [2.45, 2.75) is 33.6 Å². The summed E-state index contributed by atoms with van der Waals surface area (Å²) in [5.74, 6) is -0.161. The topological polar surface area (TPSA) is 90.6 Å². The summed E-state index contributed by atoms with van der Waals surface area (Å²) >= 11 is 6.38. The zero-order valence-electron chi connectivity index (χ0n) is 15.0. The summed E-state index contributed by atoms with van der Waals surface area (Å²) in [6.07, 6.45) is 2.07. The number of nitrogens with zero attached hydrogens (tertiary/aromatic N) is 1. The lowest BCUT2D eigenvalue weighted by Crippen LogP contribution is -2.29. The Morgan fingerprint density at radius 3 is 2.81 bits per heavy atom. The third kappa shape index (κ3) is 3.51. The normalized spacial score (nSPS) is 11.1. The van der Waals surface area contributed by atoms with Crippen molar-refractivity contribution in [3.8, 4) is 0 Å². The molecule has 0 aliphatic rings.